The molecule has 0 fully saturated rings. The highest BCUT2D eigenvalue weighted by molar-refractivity contribution is 7.88. The normalized spacial score (nSPS) is 11.7. The lowest BCUT2D eigenvalue weighted by atomic mass is 10.2. The number of nitro benzene ring substituents is 1. The second kappa shape index (κ2) is 6.06. The molecule has 0 aliphatic rings. The zero-order valence-electron chi connectivity index (χ0n) is 11.3. The summed E-state index contributed by atoms with van der Waals surface area (Å²) in [6.07, 6.45) is 1.46. The summed E-state index contributed by atoms with van der Waals surface area (Å²) in [7, 11) is -2.27. The van der Waals surface area contributed by atoms with Crippen LogP contribution in [0, 0.1) is 10.1 Å². The van der Waals surface area contributed by atoms with Gasteiger partial charge in [-0.05, 0) is 12.1 Å². The number of rotatable bonds is 6. The SMILES string of the molecule is CN(Cc1ccco1)S(=O)(=O)Cc1ccccc1[N+](=O)[O-]. The summed E-state index contributed by atoms with van der Waals surface area (Å²) >= 11 is 0. The van der Waals surface area contributed by atoms with Gasteiger partial charge in [-0.25, -0.2) is 8.42 Å². The van der Waals surface area contributed by atoms with Crippen molar-refractivity contribution in [2.24, 2.45) is 0 Å². The molecule has 0 unspecified atom stereocenters. The third kappa shape index (κ3) is 3.67. The second-order valence-corrected chi connectivity index (χ2v) is 6.55. The highest BCUT2D eigenvalue weighted by Gasteiger charge is 2.24. The molecular weight excluding hydrogens is 296 g/mol. The molecule has 8 heteroatoms. The summed E-state index contributed by atoms with van der Waals surface area (Å²) in [5, 5.41) is 10.9. The maximum absolute atomic E-state index is 12.3. The van der Waals surface area contributed by atoms with Crippen LogP contribution in [0.2, 0.25) is 0 Å². The van der Waals surface area contributed by atoms with Crippen LogP contribution in [0.1, 0.15) is 11.3 Å². The Hall–Kier alpha value is -2.19. The average molecular weight is 310 g/mol. The summed E-state index contributed by atoms with van der Waals surface area (Å²) in [6.45, 7) is 0.0793. The topological polar surface area (TPSA) is 93.7 Å². The van der Waals surface area contributed by atoms with Crippen molar-refractivity contribution >= 4 is 15.7 Å². The van der Waals surface area contributed by atoms with Crippen LogP contribution in [-0.4, -0.2) is 24.7 Å². The molecule has 1 aromatic carbocycles. The highest BCUT2D eigenvalue weighted by atomic mass is 32.2. The molecule has 21 heavy (non-hydrogen) atoms. The zero-order valence-corrected chi connectivity index (χ0v) is 12.1. The number of sulfonamides is 1. The lowest BCUT2D eigenvalue weighted by Gasteiger charge is -2.15. The van der Waals surface area contributed by atoms with Gasteiger partial charge in [-0.3, -0.25) is 10.1 Å². The van der Waals surface area contributed by atoms with Crippen molar-refractivity contribution in [3.8, 4) is 0 Å². The van der Waals surface area contributed by atoms with E-state index < -0.39 is 20.7 Å². The molecule has 1 aromatic heterocycles. The molecule has 2 rings (SSSR count). The lowest BCUT2D eigenvalue weighted by Crippen LogP contribution is -2.27. The van der Waals surface area contributed by atoms with Crippen molar-refractivity contribution in [2.75, 3.05) is 7.05 Å². The summed E-state index contributed by atoms with van der Waals surface area (Å²) in [5.41, 5.74) is -0.0405. The Balaban J connectivity index is 2.19. The van der Waals surface area contributed by atoms with Gasteiger partial charge >= 0.3 is 0 Å². The van der Waals surface area contributed by atoms with Crippen LogP contribution in [-0.2, 0) is 22.3 Å². The van der Waals surface area contributed by atoms with Crippen LogP contribution in [0.3, 0.4) is 0 Å². The third-order valence-electron chi connectivity index (χ3n) is 2.96. The van der Waals surface area contributed by atoms with Gasteiger partial charge in [0.2, 0.25) is 10.0 Å². The predicted octanol–water partition coefficient (Wildman–Crippen LogP) is 2.15. The van der Waals surface area contributed by atoms with Gasteiger partial charge in [0, 0.05) is 18.7 Å². The van der Waals surface area contributed by atoms with E-state index in [4.69, 9.17) is 4.42 Å². The van der Waals surface area contributed by atoms with Crippen molar-refractivity contribution in [1.82, 2.24) is 4.31 Å². The van der Waals surface area contributed by atoms with Crippen LogP contribution in [0.25, 0.3) is 0 Å². The average Bonchev–Trinajstić information content (AvgIpc) is 2.91. The summed E-state index contributed by atoms with van der Waals surface area (Å²) < 4.78 is 30.7. The monoisotopic (exact) mass is 310 g/mol. The summed E-state index contributed by atoms with van der Waals surface area (Å²) in [4.78, 5) is 10.3. The molecule has 0 atom stereocenters. The molecule has 0 N–H and O–H groups in total. The molecule has 0 radical (unpaired) electrons. The quantitative estimate of drug-likeness (QED) is 0.602. The minimum atomic E-state index is -3.68. The van der Waals surface area contributed by atoms with E-state index in [1.807, 2.05) is 0 Å². The Kier molecular flexibility index (Phi) is 4.39. The van der Waals surface area contributed by atoms with Gasteiger partial charge in [0.15, 0.2) is 0 Å². The third-order valence-corrected chi connectivity index (χ3v) is 4.71. The molecule has 2 aromatic rings. The molecule has 0 saturated heterocycles. The van der Waals surface area contributed by atoms with E-state index in [0.717, 1.165) is 4.31 Å². The van der Waals surface area contributed by atoms with Crippen LogP contribution >= 0.6 is 0 Å². The number of hydrogen-bond acceptors (Lipinski definition) is 5. The summed E-state index contributed by atoms with van der Waals surface area (Å²) in [6, 6.07) is 9.13. The number of benzene rings is 1. The van der Waals surface area contributed by atoms with E-state index >= 15 is 0 Å². The van der Waals surface area contributed by atoms with Gasteiger partial charge in [0.05, 0.1) is 23.5 Å². The van der Waals surface area contributed by atoms with E-state index in [2.05, 4.69) is 0 Å². The van der Waals surface area contributed by atoms with Gasteiger partial charge in [-0.15, -0.1) is 0 Å². The molecule has 112 valence electrons. The molecule has 0 aliphatic heterocycles. The number of nitro groups is 1. The molecule has 0 aliphatic carbocycles. The number of furan rings is 1. The number of hydrogen-bond donors (Lipinski definition) is 0. The molecule has 1 heterocycles. The van der Waals surface area contributed by atoms with E-state index in [0.29, 0.717) is 5.76 Å². The van der Waals surface area contributed by atoms with Gasteiger partial charge in [-0.1, -0.05) is 18.2 Å². The van der Waals surface area contributed by atoms with E-state index in [1.165, 1.54) is 31.5 Å². The van der Waals surface area contributed by atoms with E-state index in [1.54, 1.807) is 18.2 Å². The van der Waals surface area contributed by atoms with Crippen molar-refractivity contribution in [3.63, 3.8) is 0 Å². The molecule has 0 saturated carbocycles. The highest BCUT2D eigenvalue weighted by Crippen LogP contribution is 2.21. The van der Waals surface area contributed by atoms with Gasteiger partial charge in [0.1, 0.15) is 5.76 Å². The lowest BCUT2D eigenvalue weighted by molar-refractivity contribution is -0.385. The van der Waals surface area contributed by atoms with Crippen LogP contribution in [0.4, 0.5) is 5.69 Å². The van der Waals surface area contributed by atoms with E-state index in [-0.39, 0.29) is 17.8 Å². The fourth-order valence-electron chi connectivity index (χ4n) is 1.84. The Morgan fingerprint density at radius 2 is 1.95 bits per heavy atom. The molecule has 0 spiro atoms. The largest absolute Gasteiger partial charge is 0.468 e. The molecule has 0 amide bonds. The minimum absolute atomic E-state index is 0.0793. The first-order chi connectivity index (χ1) is 9.90. The van der Waals surface area contributed by atoms with Crippen LogP contribution < -0.4 is 0 Å². The Morgan fingerprint density at radius 3 is 2.57 bits per heavy atom. The van der Waals surface area contributed by atoms with Crippen LogP contribution in [0.5, 0.6) is 0 Å². The fraction of sp³-hybridized carbons (Fsp3) is 0.231. The fourth-order valence-corrected chi connectivity index (χ4v) is 3.02. The predicted molar refractivity (Wildman–Crippen MR) is 75.9 cm³/mol. The van der Waals surface area contributed by atoms with Gasteiger partial charge in [-0.2, -0.15) is 4.31 Å². The van der Waals surface area contributed by atoms with Crippen molar-refractivity contribution in [2.45, 2.75) is 12.3 Å². The first-order valence-corrected chi connectivity index (χ1v) is 7.70. The van der Waals surface area contributed by atoms with Crippen molar-refractivity contribution < 1.29 is 17.8 Å². The maximum atomic E-state index is 12.3. The van der Waals surface area contributed by atoms with Crippen molar-refractivity contribution in [3.05, 3.63) is 64.1 Å². The van der Waals surface area contributed by atoms with Crippen LogP contribution in [0.15, 0.2) is 47.1 Å². The first-order valence-electron chi connectivity index (χ1n) is 6.09. The molecular formula is C13H14N2O5S. The standard InChI is InChI=1S/C13H14N2O5S/c1-14(9-12-6-4-8-20-12)21(18,19)10-11-5-2-3-7-13(11)15(16)17/h2-8H,9-10H2,1H3. The van der Waals surface area contributed by atoms with Gasteiger partial charge < -0.3 is 4.42 Å². The van der Waals surface area contributed by atoms with E-state index in [9.17, 15) is 18.5 Å². The Morgan fingerprint density at radius 1 is 1.24 bits per heavy atom. The summed E-state index contributed by atoms with van der Waals surface area (Å²) in [5.74, 6) is 0.0742. The molecule has 7 nitrogen and oxygen atoms in total. The zero-order chi connectivity index (χ0) is 15.5. The Labute approximate surface area is 122 Å². The second-order valence-electron chi connectivity index (χ2n) is 4.48. The number of nitrogens with zero attached hydrogens (tertiary/aromatic N) is 2. The first kappa shape index (κ1) is 15.2. The smallest absolute Gasteiger partial charge is 0.273 e. The minimum Gasteiger partial charge on any atom is -0.468 e. The Bertz CT molecular complexity index is 725. The number of para-hydroxylation sites is 1. The maximum Gasteiger partial charge on any atom is 0.273 e. The molecule has 0 bridgehead atoms. The van der Waals surface area contributed by atoms with Gasteiger partial charge in [0.25, 0.3) is 5.69 Å². The van der Waals surface area contributed by atoms with Crippen molar-refractivity contribution in [1.29, 1.82) is 0 Å².